The number of methoxy groups -OCH3 is 1. The third-order valence-electron chi connectivity index (χ3n) is 6.74. The van der Waals surface area contributed by atoms with Gasteiger partial charge in [-0.25, -0.2) is 0 Å². The zero-order chi connectivity index (χ0) is 25.1. The van der Waals surface area contributed by atoms with Crippen LogP contribution in [-0.4, -0.2) is 25.7 Å². The molecular formula is C29H48O5. The van der Waals surface area contributed by atoms with Crippen molar-refractivity contribution in [3.8, 4) is 11.5 Å². The molecule has 0 unspecified atom stereocenters. The van der Waals surface area contributed by atoms with Gasteiger partial charge >= 0.3 is 11.9 Å². The molecule has 34 heavy (non-hydrogen) atoms. The normalized spacial score (nSPS) is 11.3. The van der Waals surface area contributed by atoms with E-state index in [2.05, 4.69) is 6.92 Å². The molecule has 0 aliphatic rings. The maximum absolute atomic E-state index is 13.0. The molecule has 0 N–H and O–H groups in total. The maximum Gasteiger partial charge on any atom is 0.328 e. The van der Waals surface area contributed by atoms with Crippen LogP contribution in [0.5, 0.6) is 11.5 Å². The highest BCUT2D eigenvalue weighted by Crippen LogP contribution is 2.34. The van der Waals surface area contributed by atoms with Gasteiger partial charge in [-0.15, -0.1) is 0 Å². The van der Waals surface area contributed by atoms with Crippen molar-refractivity contribution in [2.45, 2.75) is 117 Å². The molecule has 0 atom stereocenters. The van der Waals surface area contributed by atoms with Crippen LogP contribution in [0.2, 0.25) is 0 Å². The van der Waals surface area contributed by atoms with Gasteiger partial charge < -0.3 is 14.2 Å². The number of carbonyl (C=O) groups excluding carboxylic acids is 2. The van der Waals surface area contributed by atoms with Gasteiger partial charge in [-0.3, -0.25) is 9.59 Å². The van der Waals surface area contributed by atoms with E-state index in [-0.39, 0.29) is 0 Å². The molecule has 1 aromatic carbocycles. The predicted molar refractivity (Wildman–Crippen MR) is 138 cm³/mol. The Kier molecular flexibility index (Phi) is 16.1. The first kappa shape index (κ1) is 30.0. The minimum Gasteiger partial charge on any atom is -0.493 e. The molecule has 1 rings (SSSR count). The number of para-hydroxylation sites is 2. The summed E-state index contributed by atoms with van der Waals surface area (Å²) in [5.74, 6) is -0.309. The summed E-state index contributed by atoms with van der Waals surface area (Å²) in [5, 5.41) is 0. The molecule has 5 heteroatoms. The van der Waals surface area contributed by atoms with Crippen LogP contribution in [0.3, 0.4) is 0 Å². The summed E-state index contributed by atoms with van der Waals surface area (Å²) < 4.78 is 16.3. The van der Waals surface area contributed by atoms with Crippen molar-refractivity contribution in [1.29, 1.82) is 0 Å². The topological polar surface area (TPSA) is 61.8 Å². The van der Waals surface area contributed by atoms with E-state index < -0.39 is 17.4 Å². The van der Waals surface area contributed by atoms with Crippen LogP contribution in [0, 0.1) is 5.41 Å². The quantitative estimate of drug-likeness (QED) is 0.0824. The largest absolute Gasteiger partial charge is 0.493 e. The van der Waals surface area contributed by atoms with Crippen LogP contribution >= 0.6 is 0 Å². The molecule has 0 spiro atoms. The summed E-state index contributed by atoms with van der Waals surface area (Å²) in [5.41, 5.74) is -1.29. The smallest absolute Gasteiger partial charge is 0.328 e. The van der Waals surface area contributed by atoms with E-state index in [9.17, 15) is 9.59 Å². The van der Waals surface area contributed by atoms with E-state index in [0.717, 1.165) is 19.3 Å². The third kappa shape index (κ3) is 10.5. The molecule has 0 bridgehead atoms. The molecular weight excluding hydrogens is 428 g/mol. The highest BCUT2D eigenvalue weighted by Gasteiger charge is 2.46. The van der Waals surface area contributed by atoms with E-state index in [1.54, 1.807) is 24.3 Å². The number of ether oxygens (including phenoxy) is 3. The fraction of sp³-hybridized carbons (Fsp3) is 0.724. The van der Waals surface area contributed by atoms with Gasteiger partial charge in [0.1, 0.15) is 0 Å². The van der Waals surface area contributed by atoms with E-state index in [0.29, 0.717) is 30.9 Å². The molecule has 0 aliphatic carbocycles. The minimum absolute atomic E-state index is 0.311. The second-order valence-electron chi connectivity index (χ2n) is 9.21. The summed E-state index contributed by atoms with van der Waals surface area (Å²) in [4.78, 5) is 25.9. The molecule has 5 nitrogen and oxygen atoms in total. The van der Waals surface area contributed by atoms with E-state index in [1.807, 2.05) is 13.8 Å². The Morgan fingerprint density at radius 2 is 1.15 bits per heavy atom. The summed E-state index contributed by atoms with van der Waals surface area (Å²) >= 11 is 0. The average molecular weight is 477 g/mol. The summed E-state index contributed by atoms with van der Waals surface area (Å²) in [6.07, 6.45) is 17.1. The Morgan fingerprint density at radius 3 is 1.62 bits per heavy atom. The number of hydrogen-bond acceptors (Lipinski definition) is 5. The van der Waals surface area contributed by atoms with E-state index >= 15 is 0 Å². The molecule has 1 aromatic rings. The monoisotopic (exact) mass is 476 g/mol. The fourth-order valence-corrected chi connectivity index (χ4v) is 4.23. The Morgan fingerprint density at radius 1 is 0.676 bits per heavy atom. The zero-order valence-electron chi connectivity index (χ0n) is 22.2. The molecule has 0 amide bonds. The lowest BCUT2D eigenvalue weighted by Crippen LogP contribution is -2.42. The first-order valence-electron chi connectivity index (χ1n) is 13.6. The fourth-order valence-electron chi connectivity index (χ4n) is 4.23. The zero-order valence-corrected chi connectivity index (χ0v) is 22.2. The van der Waals surface area contributed by atoms with E-state index in [4.69, 9.17) is 14.2 Å². The van der Waals surface area contributed by atoms with Gasteiger partial charge in [0.15, 0.2) is 16.9 Å². The van der Waals surface area contributed by atoms with Gasteiger partial charge in [-0.2, -0.15) is 0 Å². The molecule has 0 fully saturated rings. The van der Waals surface area contributed by atoms with Crippen LogP contribution < -0.4 is 9.47 Å². The van der Waals surface area contributed by atoms with Crippen molar-refractivity contribution in [3.63, 3.8) is 0 Å². The van der Waals surface area contributed by atoms with Crippen molar-refractivity contribution in [2.24, 2.45) is 5.41 Å². The lowest BCUT2D eigenvalue weighted by molar-refractivity contribution is -0.168. The number of hydrogen-bond donors (Lipinski definition) is 0. The van der Waals surface area contributed by atoms with Crippen LogP contribution in [-0.2, 0) is 14.3 Å². The minimum atomic E-state index is -1.29. The van der Waals surface area contributed by atoms with Crippen LogP contribution in [0.25, 0.3) is 0 Å². The van der Waals surface area contributed by atoms with Crippen molar-refractivity contribution in [2.75, 3.05) is 13.7 Å². The molecule has 0 aliphatic heterocycles. The number of carbonyl (C=O) groups is 2. The lowest BCUT2D eigenvalue weighted by atomic mass is 9.82. The Hall–Kier alpha value is -2.04. The van der Waals surface area contributed by atoms with Gasteiger partial charge in [0.2, 0.25) is 0 Å². The van der Waals surface area contributed by atoms with E-state index in [1.165, 1.54) is 71.3 Å². The molecule has 194 valence electrons. The maximum atomic E-state index is 13.0. The molecule has 0 saturated heterocycles. The molecule has 0 saturated carbocycles. The highest BCUT2D eigenvalue weighted by molar-refractivity contribution is 6.00. The van der Waals surface area contributed by atoms with Crippen LogP contribution in [0.4, 0.5) is 0 Å². The lowest BCUT2D eigenvalue weighted by Gasteiger charge is -2.27. The first-order valence-corrected chi connectivity index (χ1v) is 13.6. The Balaban J connectivity index is 2.27. The van der Waals surface area contributed by atoms with Gasteiger partial charge in [-0.05, 0) is 31.4 Å². The van der Waals surface area contributed by atoms with Crippen molar-refractivity contribution >= 4 is 11.9 Å². The molecule has 0 aromatic heterocycles. The van der Waals surface area contributed by atoms with Gasteiger partial charge in [0, 0.05) is 0 Å². The van der Waals surface area contributed by atoms with Gasteiger partial charge in [0.05, 0.1) is 13.7 Å². The van der Waals surface area contributed by atoms with Crippen molar-refractivity contribution < 1.29 is 23.8 Å². The average Bonchev–Trinajstić information content (AvgIpc) is 2.85. The summed E-state index contributed by atoms with van der Waals surface area (Å²) in [6.45, 7) is 6.24. The molecule has 0 radical (unpaired) electrons. The Bertz CT molecular complexity index is 681. The first-order chi connectivity index (χ1) is 16.6. The summed E-state index contributed by atoms with van der Waals surface area (Å²) in [6, 6.07) is 6.94. The number of unbranched alkanes of at least 4 members (excludes halogenated alkanes) is 12. The highest BCUT2D eigenvalue weighted by atomic mass is 16.6. The second-order valence-corrected chi connectivity index (χ2v) is 9.21. The van der Waals surface area contributed by atoms with Gasteiger partial charge in [-0.1, -0.05) is 110 Å². The van der Waals surface area contributed by atoms with Crippen molar-refractivity contribution in [1.82, 2.24) is 0 Å². The van der Waals surface area contributed by atoms with Gasteiger partial charge in [0.25, 0.3) is 0 Å². The number of esters is 2. The third-order valence-corrected chi connectivity index (χ3v) is 6.74. The SMILES string of the molecule is CCCCCCCCCCCCCCCOC(=O)C(CC)(CC)C(=O)Oc1ccccc1OC. The number of benzene rings is 1. The second kappa shape index (κ2) is 18.3. The molecule has 0 heterocycles. The summed E-state index contributed by atoms with van der Waals surface area (Å²) in [7, 11) is 1.52. The predicted octanol–water partition coefficient (Wildman–Crippen LogP) is 8.04. The standard InChI is InChI=1S/C29H48O5/c1-5-8-9-10-11-12-13-14-15-16-17-18-21-24-33-27(30)29(6-2,7-3)28(31)34-26-23-20-19-22-25(26)32-4/h19-20,22-23H,5-18,21,24H2,1-4H3. The Labute approximate surface area is 207 Å². The van der Waals surface area contributed by atoms with Crippen LogP contribution in [0.15, 0.2) is 24.3 Å². The van der Waals surface area contributed by atoms with Crippen molar-refractivity contribution in [3.05, 3.63) is 24.3 Å². The van der Waals surface area contributed by atoms with Crippen LogP contribution in [0.1, 0.15) is 117 Å². The number of rotatable bonds is 20.